The molecule has 0 spiro atoms. The molecule has 0 N–H and O–H groups in total. The highest BCUT2D eigenvalue weighted by Crippen LogP contribution is 2.40. The highest BCUT2D eigenvalue weighted by molar-refractivity contribution is 5.84. The molecule has 0 aliphatic carbocycles. The third-order valence-electron chi connectivity index (χ3n) is 7.49. The van der Waals surface area contributed by atoms with E-state index in [2.05, 4.69) is 15.3 Å². The fourth-order valence-electron chi connectivity index (χ4n) is 5.47. The Kier molecular flexibility index (Phi) is 6.39. The Hall–Kier alpha value is -4.61. The predicted octanol–water partition coefficient (Wildman–Crippen LogP) is 6.23. The van der Waals surface area contributed by atoms with E-state index in [9.17, 15) is 9.18 Å². The molecule has 1 aliphatic rings. The lowest BCUT2D eigenvalue weighted by Gasteiger charge is -2.34. The number of ether oxygens (including phenoxy) is 1. The van der Waals surface area contributed by atoms with Crippen LogP contribution < -0.4 is 0 Å². The van der Waals surface area contributed by atoms with E-state index < -0.39 is 23.6 Å². The van der Waals surface area contributed by atoms with Crippen LogP contribution in [0.2, 0.25) is 0 Å². The fourth-order valence-corrected chi connectivity index (χ4v) is 5.47. The minimum atomic E-state index is -0.673. The average Bonchev–Trinajstić information content (AvgIpc) is 3.64. The van der Waals surface area contributed by atoms with Gasteiger partial charge in [0.15, 0.2) is 0 Å². The molecule has 6 rings (SSSR count). The monoisotopic (exact) mass is 575 g/mol. The first-order valence-electron chi connectivity index (χ1n) is 13.7. The Morgan fingerprint density at radius 3 is 2.45 bits per heavy atom. The molecule has 0 saturated carbocycles. The Morgan fingerprint density at radius 2 is 1.76 bits per heavy atom. The minimum absolute atomic E-state index is 0.0197. The number of halogens is 2. The largest absolute Gasteiger partial charge is 0.444 e. The predicted molar refractivity (Wildman–Crippen MR) is 151 cm³/mol. The van der Waals surface area contributed by atoms with E-state index in [1.807, 2.05) is 27.7 Å². The van der Waals surface area contributed by atoms with Gasteiger partial charge in [-0.15, -0.1) is 10.2 Å². The number of hydrogen-bond donors (Lipinski definition) is 0. The zero-order chi connectivity index (χ0) is 30.1. The van der Waals surface area contributed by atoms with Crippen molar-refractivity contribution < 1.29 is 22.7 Å². The summed E-state index contributed by atoms with van der Waals surface area (Å²) in [7, 11) is 1.73. The summed E-state index contributed by atoms with van der Waals surface area (Å²) in [6, 6.07) is 6.22. The van der Waals surface area contributed by atoms with Gasteiger partial charge in [-0.05, 0) is 76.9 Å². The smallest absolute Gasteiger partial charge is 0.410 e. The normalized spacial score (nSPS) is 15.4. The number of rotatable bonds is 3. The molecule has 0 radical (unpaired) electrons. The molecule has 0 saturated heterocycles. The number of nitrogens with zero attached hydrogens (tertiary/aromatic N) is 7. The molecule has 1 atom stereocenters. The molecule has 0 fully saturated rings. The molecule has 1 amide bonds. The minimum Gasteiger partial charge on any atom is -0.444 e. The number of aromatic nitrogens is 6. The second-order valence-electron chi connectivity index (χ2n) is 11.7. The van der Waals surface area contributed by atoms with Crippen LogP contribution in [-0.2, 0) is 18.2 Å². The van der Waals surface area contributed by atoms with Crippen LogP contribution in [0.25, 0.3) is 39.6 Å². The molecule has 3 aromatic heterocycles. The van der Waals surface area contributed by atoms with E-state index in [-0.39, 0.29) is 23.2 Å². The van der Waals surface area contributed by atoms with Crippen LogP contribution in [0.3, 0.4) is 0 Å². The Morgan fingerprint density at radius 1 is 1.07 bits per heavy atom. The molecule has 0 bridgehead atoms. The fraction of sp³-hybridized carbons (Fsp3) is 0.367. The first kappa shape index (κ1) is 27.6. The van der Waals surface area contributed by atoms with E-state index in [4.69, 9.17) is 14.3 Å². The van der Waals surface area contributed by atoms with Crippen LogP contribution in [0.15, 0.2) is 34.9 Å². The number of carbonyl (C=O) groups excluding carboxylic acids is 1. The second-order valence-corrected chi connectivity index (χ2v) is 11.7. The van der Waals surface area contributed by atoms with Crippen molar-refractivity contribution in [1.82, 2.24) is 34.7 Å². The van der Waals surface area contributed by atoms with E-state index in [1.54, 1.807) is 59.4 Å². The van der Waals surface area contributed by atoms with Gasteiger partial charge in [0, 0.05) is 25.6 Å². The lowest BCUT2D eigenvalue weighted by molar-refractivity contribution is 0.0159. The summed E-state index contributed by atoms with van der Waals surface area (Å²) in [5.41, 5.74) is 3.45. The van der Waals surface area contributed by atoms with E-state index in [0.29, 0.717) is 51.9 Å². The number of hydrogen-bond acceptors (Lipinski definition) is 7. The van der Waals surface area contributed by atoms with E-state index >= 15 is 4.39 Å². The van der Waals surface area contributed by atoms with Gasteiger partial charge >= 0.3 is 6.09 Å². The van der Waals surface area contributed by atoms with Gasteiger partial charge < -0.3 is 14.1 Å². The highest BCUT2D eigenvalue weighted by atomic mass is 19.1. The maximum absolute atomic E-state index is 15.5. The van der Waals surface area contributed by atoms with E-state index in [1.165, 1.54) is 6.20 Å². The summed E-state index contributed by atoms with van der Waals surface area (Å²) in [4.78, 5) is 14.8. The summed E-state index contributed by atoms with van der Waals surface area (Å²) >= 11 is 0. The van der Waals surface area contributed by atoms with Crippen LogP contribution in [0, 0.1) is 25.5 Å². The first-order valence-corrected chi connectivity index (χ1v) is 13.7. The van der Waals surface area contributed by atoms with Gasteiger partial charge in [-0.25, -0.2) is 18.3 Å². The molecule has 5 aromatic rings. The molecule has 218 valence electrons. The first-order chi connectivity index (χ1) is 19.8. The summed E-state index contributed by atoms with van der Waals surface area (Å²) in [6.07, 6.45) is 1.44. The van der Waals surface area contributed by atoms with Crippen molar-refractivity contribution in [3.63, 3.8) is 0 Å². The van der Waals surface area contributed by atoms with Gasteiger partial charge in [-0.1, -0.05) is 0 Å². The maximum atomic E-state index is 15.5. The van der Waals surface area contributed by atoms with Gasteiger partial charge in [0.25, 0.3) is 11.8 Å². The Labute approximate surface area is 240 Å². The molecule has 2 aromatic carbocycles. The lowest BCUT2D eigenvalue weighted by atomic mass is 9.97. The summed E-state index contributed by atoms with van der Waals surface area (Å²) in [5, 5.41) is 17.8. The summed E-state index contributed by atoms with van der Waals surface area (Å²) in [5.74, 6) is -0.765. The van der Waals surface area contributed by atoms with Crippen molar-refractivity contribution in [3.05, 3.63) is 64.5 Å². The van der Waals surface area contributed by atoms with Crippen LogP contribution in [0.4, 0.5) is 13.6 Å². The van der Waals surface area contributed by atoms with Crippen LogP contribution in [0.1, 0.15) is 56.1 Å². The highest BCUT2D eigenvalue weighted by Gasteiger charge is 2.38. The van der Waals surface area contributed by atoms with Gasteiger partial charge in [0.2, 0.25) is 0 Å². The van der Waals surface area contributed by atoms with Gasteiger partial charge in [-0.2, -0.15) is 10.2 Å². The molecular formula is C30H31F2N7O3. The number of fused-ring (bicyclic) bond motifs is 2. The lowest BCUT2D eigenvalue weighted by Crippen LogP contribution is -2.42. The van der Waals surface area contributed by atoms with Crippen molar-refractivity contribution in [1.29, 1.82) is 0 Å². The van der Waals surface area contributed by atoms with Crippen molar-refractivity contribution in [3.8, 4) is 28.7 Å². The summed E-state index contributed by atoms with van der Waals surface area (Å²) < 4.78 is 45.1. The van der Waals surface area contributed by atoms with Crippen LogP contribution in [-0.4, -0.2) is 52.9 Å². The van der Waals surface area contributed by atoms with Crippen LogP contribution in [0.5, 0.6) is 0 Å². The molecule has 4 heterocycles. The third kappa shape index (κ3) is 4.50. The molecule has 0 unspecified atom stereocenters. The van der Waals surface area contributed by atoms with E-state index in [0.717, 1.165) is 5.69 Å². The number of carbonyl (C=O) groups is 1. The topological polar surface area (TPSA) is 104 Å². The number of benzene rings is 2. The maximum Gasteiger partial charge on any atom is 0.410 e. The zero-order valence-electron chi connectivity index (χ0n) is 24.5. The van der Waals surface area contributed by atoms with Gasteiger partial charge in [-0.3, -0.25) is 4.68 Å². The second kappa shape index (κ2) is 9.74. The molecule has 12 heteroatoms. The molecule has 1 aliphatic heterocycles. The quantitative estimate of drug-likeness (QED) is 0.251. The zero-order valence-corrected chi connectivity index (χ0v) is 24.5. The molecular weight excluding hydrogens is 544 g/mol. The SMILES string of the molecule is Cc1cc(-n2nc3c(c2-c2nnc(-c4ccc5c(cnn5C)c4F)o2)[C@H](C)N(C(=O)OC(C)(C)C)CC3)cc(C)c1F. The van der Waals surface area contributed by atoms with Crippen LogP contribution >= 0.6 is 0 Å². The average molecular weight is 576 g/mol. The number of amides is 1. The number of aryl methyl sites for hydroxylation is 3. The Balaban J connectivity index is 1.51. The van der Waals surface area contributed by atoms with Crippen molar-refractivity contribution in [2.75, 3.05) is 6.54 Å². The van der Waals surface area contributed by atoms with Crippen molar-refractivity contribution in [2.45, 2.75) is 59.6 Å². The Bertz CT molecular complexity index is 1840. The van der Waals surface area contributed by atoms with Crippen molar-refractivity contribution >= 4 is 17.0 Å². The summed E-state index contributed by atoms with van der Waals surface area (Å²) in [6.45, 7) is 11.1. The third-order valence-corrected chi connectivity index (χ3v) is 7.49. The van der Waals surface area contributed by atoms with Crippen molar-refractivity contribution in [2.24, 2.45) is 7.05 Å². The molecule has 10 nitrogen and oxygen atoms in total. The van der Waals surface area contributed by atoms with Gasteiger partial charge in [0.1, 0.15) is 22.9 Å². The molecule has 42 heavy (non-hydrogen) atoms. The standard InChI is InChI=1S/C30H31F2N7O3/c1-15-12-18(13-16(2)24(15)31)39-26(23-17(3)38(11-10-21(23)36-39)29(40)42-30(4,5)6)28-35-34-27(41-28)19-8-9-22-20(25(19)32)14-33-37(22)7/h8-9,12-14,17H,10-11H2,1-7H3/t17-/m0/s1. The van der Waals surface area contributed by atoms with Gasteiger partial charge in [0.05, 0.1) is 40.1 Å².